The van der Waals surface area contributed by atoms with Crippen molar-refractivity contribution < 1.29 is 19.1 Å². The Bertz CT molecular complexity index is 1090. The van der Waals surface area contributed by atoms with Gasteiger partial charge in [0.15, 0.2) is 0 Å². The number of esters is 1. The van der Waals surface area contributed by atoms with Gasteiger partial charge in [0.1, 0.15) is 6.61 Å². The Balaban J connectivity index is 1.74. The summed E-state index contributed by atoms with van der Waals surface area (Å²) in [7, 11) is 0. The summed E-state index contributed by atoms with van der Waals surface area (Å²) in [6.07, 6.45) is 1.85. The van der Waals surface area contributed by atoms with Gasteiger partial charge in [0.25, 0.3) is 5.91 Å². The van der Waals surface area contributed by atoms with E-state index >= 15 is 0 Å². The molecular weight excluding hydrogens is 394 g/mol. The molecule has 2 heterocycles. The fraction of sp³-hybridized carbons (Fsp3) is 0.333. The number of carbonyl (C=O) groups is 3. The highest BCUT2D eigenvalue weighted by molar-refractivity contribution is 6.15. The highest BCUT2D eigenvalue weighted by atomic mass is 16.5. The molecule has 2 aliphatic rings. The molecule has 0 bridgehead atoms. The first-order chi connectivity index (χ1) is 15.0. The van der Waals surface area contributed by atoms with Gasteiger partial charge in [0.2, 0.25) is 11.6 Å². The summed E-state index contributed by atoms with van der Waals surface area (Å²) < 4.78 is 5.66. The zero-order valence-electron chi connectivity index (χ0n) is 17.3. The van der Waals surface area contributed by atoms with Gasteiger partial charge in [-0.1, -0.05) is 43.7 Å². The highest BCUT2D eigenvalue weighted by Gasteiger charge is 2.61. The molecule has 0 aliphatic carbocycles. The number of rotatable bonds is 6. The quantitative estimate of drug-likeness (QED) is 0.672. The number of hydrogen-bond donors (Lipinski definition) is 0. The molecule has 4 rings (SSSR count). The third-order valence-electron chi connectivity index (χ3n) is 5.93. The van der Waals surface area contributed by atoms with E-state index in [4.69, 9.17) is 4.74 Å². The predicted molar refractivity (Wildman–Crippen MR) is 113 cm³/mol. The maximum Gasteiger partial charge on any atom is 0.354 e. The molecule has 7 heteroatoms. The first-order valence-corrected chi connectivity index (χ1v) is 10.4. The van der Waals surface area contributed by atoms with Crippen molar-refractivity contribution in [3.8, 4) is 6.07 Å². The third-order valence-corrected chi connectivity index (χ3v) is 5.93. The lowest BCUT2D eigenvalue weighted by molar-refractivity contribution is -0.158. The summed E-state index contributed by atoms with van der Waals surface area (Å²) in [4.78, 5) is 42.8. The van der Waals surface area contributed by atoms with Crippen molar-refractivity contribution in [1.29, 1.82) is 5.26 Å². The molecule has 0 aromatic heterocycles. The summed E-state index contributed by atoms with van der Waals surface area (Å²) in [6, 6.07) is 15.8. The minimum Gasteiger partial charge on any atom is -0.458 e. The molecule has 0 radical (unpaired) electrons. The van der Waals surface area contributed by atoms with Gasteiger partial charge >= 0.3 is 5.97 Å². The molecule has 0 saturated carbocycles. The van der Waals surface area contributed by atoms with Crippen LogP contribution in [0, 0.1) is 11.3 Å². The normalized spacial score (nSPS) is 19.6. The number of para-hydroxylation sites is 1. The van der Waals surface area contributed by atoms with E-state index < -0.39 is 11.6 Å². The van der Waals surface area contributed by atoms with Gasteiger partial charge in [-0.05, 0) is 24.6 Å². The van der Waals surface area contributed by atoms with Crippen LogP contribution in [0.4, 0.5) is 5.69 Å². The van der Waals surface area contributed by atoms with Crippen molar-refractivity contribution in [3.05, 3.63) is 65.2 Å². The molecule has 2 amide bonds. The average Bonchev–Trinajstić information content (AvgIpc) is 3.15. The monoisotopic (exact) mass is 417 g/mol. The molecule has 7 nitrogen and oxygen atoms in total. The van der Waals surface area contributed by atoms with Crippen molar-refractivity contribution in [2.24, 2.45) is 0 Å². The molecule has 2 aliphatic heterocycles. The van der Waals surface area contributed by atoms with E-state index in [0.717, 1.165) is 6.42 Å². The zero-order valence-corrected chi connectivity index (χ0v) is 17.3. The van der Waals surface area contributed by atoms with Crippen molar-refractivity contribution in [2.45, 2.75) is 44.9 Å². The summed E-state index contributed by atoms with van der Waals surface area (Å²) in [5.74, 6) is -1.13. The minimum absolute atomic E-state index is 0.107. The summed E-state index contributed by atoms with van der Waals surface area (Å²) in [5, 5.41) is 9.30. The second-order valence-electron chi connectivity index (χ2n) is 7.72. The Morgan fingerprint density at radius 2 is 1.90 bits per heavy atom. The topological polar surface area (TPSA) is 90.7 Å². The number of anilines is 1. The minimum atomic E-state index is -1.50. The van der Waals surface area contributed by atoms with Crippen molar-refractivity contribution in [2.75, 3.05) is 11.4 Å². The molecule has 158 valence electrons. The Hall–Kier alpha value is -3.66. The van der Waals surface area contributed by atoms with Crippen LogP contribution in [0.3, 0.4) is 0 Å². The Morgan fingerprint density at radius 3 is 2.68 bits per heavy atom. The number of nitrogens with zero attached hydrogens (tertiary/aromatic N) is 3. The van der Waals surface area contributed by atoms with Gasteiger partial charge in [-0.15, -0.1) is 0 Å². The molecule has 2 aromatic carbocycles. The van der Waals surface area contributed by atoms with Gasteiger partial charge in [0, 0.05) is 24.9 Å². The Kier molecular flexibility index (Phi) is 5.47. The van der Waals surface area contributed by atoms with Crippen LogP contribution < -0.4 is 4.90 Å². The number of amides is 2. The first kappa shape index (κ1) is 20.6. The summed E-state index contributed by atoms with van der Waals surface area (Å²) in [5.41, 5.74) is 0.344. The molecule has 2 aromatic rings. The Morgan fingerprint density at radius 1 is 1.16 bits per heavy atom. The molecule has 0 spiro atoms. The standard InChI is InChI=1S/C24H23N3O4/c1-2-3-14-26-22(29)19-10-6-7-11-20(19)27-21(28)12-13-24(26,27)23(30)31-16-18-9-5-4-8-17(18)15-25/h4-11H,2-3,12-14,16H2,1H3/t24-/m0/s1. The molecule has 1 fully saturated rings. The van der Waals surface area contributed by atoms with Crippen LogP contribution in [-0.4, -0.2) is 34.9 Å². The molecule has 1 saturated heterocycles. The van der Waals surface area contributed by atoms with Crippen LogP contribution in [0.1, 0.15) is 54.1 Å². The predicted octanol–water partition coefficient (Wildman–Crippen LogP) is 3.38. The highest BCUT2D eigenvalue weighted by Crippen LogP contribution is 2.45. The number of hydrogen-bond acceptors (Lipinski definition) is 5. The maximum atomic E-state index is 13.6. The van der Waals surface area contributed by atoms with Gasteiger partial charge in [-0.2, -0.15) is 5.26 Å². The molecule has 31 heavy (non-hydrogen) atoms. The fourth-order valence-electron chi connectivity index (χ4n) is 4.38. The third kappa shape index (κ3) is 3.25. The first-order valence-electron chi connectivity index (χ1n) is 10.4. The van der Waals surface area contributed by atoms with E-state index in [2.05, 4.69) is 6.07 Å². The number of ether oxygens (including phenoxy) is 1. The largest absolute Gasteiger partial charge is 0.458 e. The van der Waals surface area contributed by atoms with Crippen LogP contribution in [0.5, 0.6) is 0 Å². The Labute approximate surface area is 180 Å². The lowest BCUT2D eigenvalue weighted by Crippen LogP contribution is -2.68. The molecule has 1 atom stereocenters. The summed E-state index contributed by atoms with van der Waals surface area (Å²) in [6.45, 7) is 2.24. The lowest BCUT2D eigenvalue weighted by Gasteiger charge is -2.48. The van der Waals surface area contributed by atoms with E-state index in [1.807, 2.05) is 6.92 Å². The van der Waals surface area contributed by atoms with Crippen LogP contribution in [0.15, 0.2) is 48.5 Å². The van der Waals surface area contributed by atoms with Gasteiger partial charge in [-0.3, -0.25) is 14.5 Å². The second-order valence-corrected chi connectivity index (χ2v) is 7.72. The smallest absolute Gasteiger partial charge is 0.354 e. The zero-order chi connectivity index (χ0) is 22.0. The van der Waals surface area contributed by atoms with Crippen molar-refractivity contribution in [1.82, 2.24) is 4.90 Å². The number of carbonyl (C=O) groups excluding carboxylic acids is 3. The number of benzene rings is 2. The number of unbranched alkanes of at least 4 members (excludes halogenated alkanes) is 1. The van der Waals surface area contributed by atoms with E-state index in [1.165, 1.54) is 9.80 Å². The molecule has 0 N–H and O–H groups in total. The van der Waals surface area contributed by atoms with Gasteiger partial charge in [-0.25, -0.2) is 4.79 Å². The van der Waals surface area contributed by atoms with Crippen LogP contribution in [0.2, 0.25) is 0 Å². The second kappa shape index (κ2) is 8.23. The van der Waals surface area contributed by atoms with E-state index in [-0.39, 0.29) is 31.3 Å². The fourth-order valence-corrected chi connectivity index (χ4v) is 4.38. The van der Waals surface area contributed by atoms with Gasteiger partial charge < -0.3 is 9.64 Å². The van der Waals surface area contributed by atoms with Crippen molar-refractivity contribution in [3.63, 3.8) is 0 Å². The van der Waals surface area contributed by atoms with Crippen LogP contribution in [-0.2, 0) is 20.9 Å². The van der Waals surface area contributed by atoms with Crippen LogP contribution >= 0.6 is 0 Å². The molecular formula is C24H23N3O4. The van der Waals surface area contributed by atoms with Gasteiger partial charge in [0.05, 0.1) is 22.9 Å². The maximum absolute atomic E-state index is 13.6. The van der Waals surface area contributed by atoms with E-state index in [1.54, 1.807) is 48.5 Å². The average molecular weight is 417 g/mol. The van der Waals surface area contributed by atoms with E-state index in [0.29, 0.717) is 35.3 Å². The summed E-state index contributed by atoms with van der Waals surface area (Å²) >= 11 is 0. The van der Waals surface area contributed by atoms with E-state index in [9.17, 15) is 19.6 Å². The number of nitriles is 1. The lowest BCUT2D eigenvalue weighted by atomic mass is 9.96. The number of fused-ring (bicyclic) bond motifs is 3. The SMILES string of the molecule is CCCCN1C(=O)c2ccccc2N2C(=O)CC[C@]12C(=O)OCc1ccccc1C#N. The van der Waals surface area contributed by atoms with Crippen molar-refractivity contribution >= 4 is 23.5 Å². The molecule has 0 unspecified atom stereocenters. The van der Waals surface area contributed by atoms with Crippen LogP contribution in [0.25, 0.3) is 0 Å².